The van der Waals surface area contributed by atoms with E-state index in [0.29, 0.717) is 20.8 Å². The molecule has 0 spiro atoms. The Labute approximate surface area is 137 Å². The quantitative estimate of drug-likeness (QED) is 0.781. The zero-order chi connectivity index (χ0) is 15.4. The highest BCUT2D eigenvalue weighted by molar-refractivity contribution is 6.44. The number of halogens is 3. The average Bonchev–Trinajstić information content (AvgIpc) is 2.96. The molecule has 0 aliphatic heterocycles. The van der Waals surface area contributed by atoms with Gasteiger partial charge in [0.05, 0.1) is 39.6 Å². The Hall–Kier alpha value is -1.20. The number of carbonyl (C=O) groups is 1. The summed E-state index contributed by atoms with van der Waals surface area (Å²) in [7, 11) is 0. The molecule has 112 valence electrons. The van der Waals surface area contributed by atoms with Crippen molar-refractivity contribution in [3.05, 3.63) is 51.4 Å². The summed E-state index contributed by atoms with van der Waals surface area (Å²) in [5.74, 6) is 0.518. The molecule has 1 aromatic heterocycles. The van der Waals surface area contributed by atoms with E-state index in [1.54, 1.807) is 12.3 Å². The number of hydrogen-bond acceptors (Lipinski definition) is 3. The smallest absolute Gasteiger partial charge is 0.238 e. The number of benzene rings is 1. The summed E-state index contributed by atoms with van der Waals surface area (Å²) >= 11 is 17.7. The summed E-state index contributed by atoms with van der Waals surface area (Å²) < 4.78 is 5.25. The van der Waals surface area contributed by atoms with Crippen molar-refractivity contribution in [2.24, 2.45) is 0 Å². The molecule has 1 atom stereocenters. The zero-order valence-electron chi connectivity index (χ0n) is 11.1. The highest BCUT2D eigenvalue weighted by atomic mass is 35.5. The van der Waals surface area contributed by atoms with Crippen molar-refractivity contribution in [2.45, 2.75) is 13.0 Å². The molecule has 7 heteroatoms. The molecule has 1 heterocycles. The minimum atomic E-state index is -0.242. The monoisotopic (exact) mass is 346 g/mol. The van der Waals surface area contributed by atoms with Crippen LogP contribution < -0.4 is 10.6 Å². The van der Waals surface area contributed by atoms with Gasteiger partial charge in [0.15, 0.2) is 0 Å². The van der Waals surface area contributed by atoms with Crippen molar-refractivity contribution >= 4 is 46.4 Å². The number of anilines is 1. The Morgan fingerprint density at radius 3 is 2.62 bits per heavy atom. The summed E-state index contributed by atoms with van der Waals surface area (Å²) in [4.78, 5) is 11.9. The third-order valence-corrected chi connectivity index (χ3v) is 3.86. The van der Waals surface area contributed by atoms with Gasteiger partial charge in [-0.3, -0.25) is 10.1 Å². The first-order valence-corrected chi connectivity index (χ1v) is 7.32. The predicted octanol–water partition coefficient (Wildman–Crippen LogP) is 4.53. The molecule has 0 saturated carbocycles. The second-order valence-electron chi connectivity index (χ2n) is 4.41. The largest absolute Gasteiger partial charge is 0.468 e. The molecule has 2 rings (SSSR count). The normalized spacial score (nSPS) is 12.2. The van der Waals surface area contributed by atoms with Crippen LogP contribution in [0.15, 0.2) is 34.9 Å². The zero-order valence-corrected chi connectivity index (χ0v) is 13.4. The first-order valence-electron chi connectivity index (χ1n) is 6.18. The molecule has 0 bridgehead atoms. The Morgan fingerprint density at radius 2 is 1.95 bits per heavy atom. The van der Waals surface area contributed by atoms with Crippen molar-refractivity contribution < 1.29 is 9.21 Å². The van der Waals surface area contributed by atoms with Crippen LogP contribution in [-0.4, -0.2) is 12.5 Å². The van der Waals surface area contributed by atoms with Crippen LogP contribution in [-0.2, 0) is 4.79 Å². The Bertz CT molecular complexity index is 629. The lowest BCUT2D eigenvalue weighted by atomic mass is 10.2. The van der Waals surface area contributed by atoms with Gasteiger partial charge in [0.25, 0.3) is 0 Å². The minimum Gasteiger partial charge on any atom is -0.468 e. The molecule has 4 nitrogen and oxygen atoms in total. The van der Waals surface area contributed by atoms with Crippen LogP contribution in [0.25, 0.3) is 0 Å². The molecule has 0 fully saturated rings. The Kier molecular flexibility index (Phi) is 5.53. The molecule has 2 aromatic rings. The third-order valence-electron chi connectivity index (χ3n) is 2.82. The van der Waals surface area contributed by atoms with Gasteiger partial charge in [0.2, 0.25) is 5.91 Å². The number of nitrogens with one attached hydrogen (secondary N) is 2. The molecule has 21 heavy (non-hydrogen) atoms. The first kappa shape index (κ1) is 16.2. The summed E-state index contributed by atoms with van der Waals surface area (Å²) in [6.45, 7) is 2.01. The maximum absolute atomic E-state index is 11.9. The molecule has 0 saturated heterocycles. The van der Waals surface area contributed by atoms with Gasteiger partial charge in [0.1, 0.15) is 5.76 Å². The van der Waals surface area contributed by atoms with Crippen molar-refractivity contribution in [1.29, 1.82) is 0 Å². The average molecular weight is 348 g/mol. The van der Waals surface area contributed by atoms with E-state index in [0.717, 1.165) is 5.76 Å². The van der Waals surface area contributed by atoms with Gasteiger partial charge < -0.3 is 9.73 Å². The molecule has 0 radical (unpaired) electrons. The van der Waals surface area contributed by atoms with E-state index >= 15 is 0 Å². The highest BCUT2D eigenvalue weighted by Gasteiger charge is 2.12. The maximum Gasteiger partial charge on any atom is 0.238 e. The maximum atomic E-state index is 11.9. The first-order chi connectivity index (χ1) is 9.97. The lowest BCUT2D eigenvalue weighted by molar-refractivity contribution is -0.115. The van der Waals surface area contributed by atoms with Crippen molar-refractivity contribution in [3.8, 4) is 0 Å². The predicted molar refractivity (Wildman–Crippen MR) is 85.2 cm³/mol. The van der Waals surface area contributed by atoms with Crippen molar-refractivity contribution in [2.75, 3.05) is 11.9 Å². The van der Waals surface area contributed by atoms with E-state index in [1.165, 1.54) is 12.1 Å². The van der Waals surface area contributed by atoms with Gasteiger partial charge in [-0.2, -0.15) is 0 Å². The van der Waals surface area contributed by atoms with Crippen LogP contribution in [0, 0.1) is 0 Å². The number of hydrogen-bond donors (Lipinski definition) is 2. The summed E-state index contributed by atoms with van der Waals surface area (Å²) in [6.07, 6.45) is 1.59. The molecular weight excluding hydrogens is 335 g/mol. The van der Waals surface area contributed by atoms with E-state index in [1.807, 2.05) is 13.0 Å². The molecular formula is C14H13Cl3N2O2. The van der Waals surface area contributed by atoms with Crippen molar-refractivity contribution in [1.82, 2.24) is 5.32 Å². The van der Waals surface area contributed by atoms with E-state index in [2.05, 4.69) is 10.6 Å². The molecule has 0 aliphatic rings. The fourth-order valence-electron chi connectivity index (χ4n) is 1.70. The SMILES string of the molecule is C[C@H](NCC(=O)Nc1cc(Cl)c(Cl)cc1Cl)c1ccco1. The summed E-state index contributed by atoms with van der Waals surface area (Å²) in [5.41, 5.74) is 0.420. The summed E-state index contributed by atoms with van der Waals surface area (Å²) in [6, 6.07) is 6.56. The lowest BCUT2D eigenvalue weighted by Gasteiger charge is -2.12. The van der Waals surface area contributed by atoms with Crippen LogP contribution in [0.5, 0.6) is 0 Å². The molecule has 2 N–H and O–H groups in total. The van der Waals surface area contributed by atoms with Gasteiger partial charge in [-0.05, 0) is 31.2 Å². The van der Waals surface area contributed by atoms with E-state index in [4.69, 9.17) is 39.2 Å². The topological polar surface area (TPSA) is 54.3 Å². The van der Waals surface area contributed by atoms with Crippen molar-refractivity contribution in [3.63, 3.8) is 0 Å². The number of amides is 1. The van der Waals surface area contributed by atoms with Gasteiger partial charge in [-0.25, -0.2) is 0 Å². The van der Waals surface area contributed by atoms with Gasteiger partial charge in [-0.15, -0.1) is 0 Å². The molecule has 1 aromatic carbocycles. The number of rotatable bonds is 5. The highest BCUT2D eigenvalue weighted by Crippen LogP contribution is 2.32. The van der Waals surface area contributed by atoms with Gasteiger partial charge in [0, 0.05) is 0 Å². The van der Waals surface area contributed by atoms with Crippen LogP contribution >= 0.6 is 34.8 Å². The third kappa shape index (κ3) is 4.38. The second kappa shape index (κ2) is 7.18. The fourth-order valence-corrected chi connectivity index (χ4v) is 2.29. The second-order valence-corrected chi connectivity index (χ2v) is 5.63. The van der Waals surface area contributed by atoms with E-state index in [-0.39, 0.29) is 18.5 Å². The van der Waals surface area contributed by atoms with E-state index in [9.17, 15) is 4.79 Å². The van der Waals surface area contributed by atoms with Crippen LogP contribution in [0.3, 0.4) is 0 Å². The van der Waals surface area contributed by atoms with Gasteiger partial charge in [-0.1, -0.05) is 34.8 Å². The van der Waals surface area contributed by atoms with Crippen LogP contribution in [0.4, 0.5) is 5.69 Å². The Balaban J connectivity index is 1.92. The molecule has 0 aliphatic carbocycles. The van der Waals surface area contributed by atoms with E-state index < -0.39 is 0 Å². The van der Waals surface area contributed by atoms with Gasteiger partial charge >= 0.3 is 0 Å². The fraction of sp³-hybridized carbons (Fsp3) is 0.214. The Morgan fingerprint density at radius 1 is 1.24 bits per heavy atom. The molecule has 0 unspecified atom stereocenters. The summed E-state index contributed by atoms with van der Waals surface area (Å²) in [5, 5.41) is 6.71. The molecule has 1 amide bonds. The van der Waals surface area contributed by atoms with Crippen LogP contribution in [0.1, 0.15) is 18.7 Å². The standard InChI is InChI=1S/C14H13Cl3N2O2/c1-8(13-3-2-4-21-13)18-7-14(20)19-12-6-10(16)9(15)5-11(12)17/h2-6,8,18H,7H2,1H3,(H,19,20)/t8-/m0/s1. The number of furan rings is 1. The lowest BCUT2D eigenvalue weighted by Crippen LogP contribution is -2.30. The minimum absolute atomic E-state index is 0.0740. The van der Waals surface area contributed by atoms with Crippen LogP contribution in [0.2, 0.25) is 15.1 Å². The number of carbonyl (C=O) groups excluding carboxylic acids is 1.